The summed E-state index contributed by atoms with van der Waals surface area (Å²) in [5.74, 6) is -0.679. The molecule has 20 heavy (non-hydrogen) atoms. The molecule has 0 aromatic rings. The van der Waals surface area contributed by atoms with Gasteiger partial charge in [0.1, 0.15) is 0 Å². The molecule has 0 saturated heterocycles. The SMILES string of the molecule is CC(C)(CCNCC(=O)NC1CCCC1)CCC(=O)O. The second-order valence-electron chi connectivity index (χ2n) is 6.53. The molecule has 0 aromatic carbocycles. The van der Waals surface area contributed by atoms with Crippen LogP contribution in [0.5, 0.6) is 0 Å². The van der Waals surface area contributed by atoms with Crippen molar-refractivity contribution < 1.29 is 14.7 Å². The van der Waals surface area contributed by atoms with E-state index in [4.69, 9.17) is 5.11 Å². The summed E-state index contributed by atoms with van der Waals surface area (Å²) in [7, 11) is 0. The van der Waals surface area contributed by atoms with E-state index in [1.165, 1.54) is 12.8 Å². The van der Waals surface area contributed by atoms with Crippen molar-refractivity contribution in [2.45, 2.75) is 64.8 Å². The summed E-state index contributed by atoms with van der Waals surface area (Å²) in [6, 6.07) is 0.372. The molecule has 0 spiro atoms. The van der Waals surface area contributed by atoms with Gasteiger partial charge in [0.15, 0.2) is 0 Å². The quantitative estimate of drug-likeness (QED) is 0.565. The van der Waals surface area contributed by atoms with Gasteiger partial charge in [0, 0.05) is 12.5 Å². The smallest absolute Gasteiger partial charge is 0.303 e. The minimum atomic E-state index is -0.748. The number of carbonyl (C=O) groups excluding carboxylic acids is 1. The molecule has 0 unspecified atom stereocenters. The van der Waals surface area contributed by atoms with Gasteiger partial charge in [-0.1, -0.05) is 26.7 Å². The van der Waals surface area contributed by atoms with E-state index in [2.05, 4.69) is 24.5 Å². The Morgan fingerprint density at radius 2 is 1.85 bits per heavy atom. The Labute approximate surface area is 121 Å². The number of aliphatic carboxylic acids is 1. The third kappa shape index (κ3) is 7.48. The second kappa shape index (κ2) is 8.25. The van der Waals surface area contributed by atoms with Gasteiger partial charge < -0.3 is 15.7 Å². The zero-order valence-electron chi connectivity index (χ0n) is 12.7. The van der Waals surface area contributed by atoms with Gasteiger partial charge in [0.05, 0.1) is 6.54 Å². The first-order valence-electron chi connectivity index (χ1n) is 7.61. The molecular weight excluding hydrogens is 256 g/mol. The van der Waals surface area contributed by atoms with E-state index in [1.54, 1.807) is 0 Å². The summed E-state index contributed by atoms with van der Waals surface area (Å²) in [6.07, 6.45) is 6.39. The molecular formula is C15H28N2O3. The summed E-state index contributed by atoms with van der Waals surface area (Å²) >= 11 is 0. The van der Waals surface area contributed by atoms with Crippen LogP contribution in [0.3, 0.4) is 0 Å². The number of hydrogen-bond acceptors (Lipinski definition) is 3. The van der Waals surface area contributed by atoms with Gasteiger partial charge in [0.25, 0.3) is 0 Å². The Morgan fingerprint density at radius 3 is 2.45 bits per heavy atom. The normalized spacial score (nSPS) is 16.3. The van der Waals surface area contributed by atoms with E-state index in [1.807, 2.05) is 0 Å². The molecule has 0 heterocycles. The molecule has 0 atom stereocenters. The zero-order valence-corrected chi connectivity index (χ0v) is 12.7. The van der Waals surface area contributed by atoms with E-state index in [9.17, 15) is 9.59 Å². The van der Waals surface area contributed by atoms with Gasteiger partial charge in [-0.3, -0.25) is 9.59 Å². The lowest BCUT2D eigenvalue weighted by Crippen LogP contribution is -2.39. The molecule has 1 aliphatic rings. The lowest BCUT2D eigenvalue weighted by molar-refractivity contribution is -0.137. The number of amides is 1. The fourth-order valence-corrected chi connectivity index (χ4v) is 2.55. The summed E-state index contributed by atoms with van der Waals surface area (Å²) < 4.78 is 0. The Hall–Kier alpha value is -1.10. The van der Waals surface area contributed by atoms with Gasteiger partial charge in [0.2, 0.25) is 5.91 Å². The number of carbonyl (C=O) groups is 2. The third-order valence-corrected chi connectivity index (χ3v) is 4.00. The van der Waals surface area contributed by atoms with E-state index in [0.29, 0.717) is 19.0 Å². The molecule has 1 saturated carbocycles. The molecule has 1 rings (SSSR count). The molecule has 1 aliphatic carbocycles. The third-order valence-electron chi connectivity index (χ3n) is 4.00. The number of carboxylic acid groups (broad SMARTS) is 1. The van der Waals surface area contributed by atoms with E-state index >= 15 is 0 Å². The van der Waals surface area contributed by atoms with Crippen LogP contribution in [-0.2, 0) is 9.59 Å². The molecule has 1 fully saturated rings. The summed E-state index contributed by atoms with van der Waals surface area (Å²) in [5, 5.41) is 14.9. The average molecular weight is 284 g/mol. The van der Waals surface area contributed by atoms with Gasteiger partial charge in [-0.2, -0.15) is 0 Å². The molecule has 116 valence electrons. The first-order chi connectivity index (χ1) is 9.39. The van der Waals surface area contributed by atoms with Crippen molar-refractivity contribution in [1.29, 1.82) is 0 Å². The Kier molecular flexibility index (Phi) is 6.99. The van der Waals surface area contributed by atoms with Gasteiger partial charge >= 0.3 is 5.97 Å². The molecule has 1 amide bonds. The van der Waals surface area contributed by atoms with Crippen LogP contribution in [0.2, 0.25) is 0 Å². The van der Waals surface area contributed by atoms with E-state index < -0.39 is 5.97 Å². The average Bonchev–Trinajstić information content (AvgIpc) is 2.85. The van der Waals surface area contributed by atoms with Gasteiger partial charge in [-0.05, 0) is 37.6 Å². The molecule has 0 aromatic heterocycles. The van der Waals surface area contributed by atoms with Crippen molar-refractivity contribution in [2.75, 3.05) is 13.1 Å². The molecule has 0 bridgehead atoms. The predicted molar refractivity (Wildman–Crippen MR) is 78.5 cm³/mol. The largest absolute Gasteiger partial charge is 0.481 e. The summed E-state index contributed by atoms with van der Waals surface area (Å²) in [5.41, 5.74) is -0.00663. The van der Waals surface area contributed by atoms with Gasteiger partial charge in [-0.25, -0.2) is 0 Å². The lowest BCUT2D eigenvalue weighted by Gasteiger charge is -2.23. The molecule has 0 aliphatic heterocycles. The van der Waals surface area contributed by atoms with Gasteiger partial charge in [-0.15, -0.1) is 0 Å². The van der Waals surface area contributed by atoms with Crippen molar-refractivity contribution in [3.63, 3.8) is 0 Å². The zero-order chi connectivity index (χ0) is 15.0. The molecule has 0 radical (unpaired) electrons. The first kappa shape index (κ1) is 17.0. The second-order valence-corrected chi connectivity index (χ2v) is 6.53. The van der Waals surface area contributed by atoms with Crippen molar-refractivity contribution >= 4 is 11.9 Å². The van der Waals surface area contributed by atoms with Crippen molar-refractivity contribution in [2.24, 2.45) is 5.41 Å². The van der Waals surface area contributed by atoms with Crippen LogP contribution in [0.1, 0.15) is 58.8 Å². The number of carboxylic acids is 1. The Morgan fingerprint density at radius 1 is 1.20 bits per heavy atom. The fraction of sp³-hybridized carbons (Fsp3) is 0.867. The van der Waals surface area contributed by atoms with Crippen LogP contribution in [-0.4, -0.2) is 36.1 Å². The monoisotopic (exact) mass is 284 g/mol. The van der Waals surface area contributed by atoms with E-state index in [0.717, 1.165) is 25.8 Å². The highest BCUT2D eigenvalue weighted by atomic mass is 16.4. The van der Waals surface area contributed by atoms with E-state index in [-0.39, 0.29) is 17.7 Å². The highest BCUT2D eigenvalue weighted by molar-refractivity contribution is 5.78. The van der Waals surface area contributed by atoms with Crippen LogP contribution in [0.4, 0.5) is 0 Å². The highest BCUT2D eigenvalue weighted by Gasteiger charge is 2.19. The van der Waals surface area contributed by atoms with Crippen LogP contribution < -0.4 is 10.6 Å². The maximum absolute atomic E-state index is 11.7. The number of hydrogen-bond donors (Lipinski definition) is 3. The number of nitrogens with one attached hydrogen (secondary N) is 2. The maximum Gasteiger partial charge on any atom is 0.303 e. The Bertz CT molecular complexity index is 323. The van der Waals surface area contributed by atoms with Crippen LogP contribution in [0.15, 0.2) is 0 Å². The molecule has 3 N–H and O–H groups in total. The lowest BCUT2D eigenvalue weighted by atomic mass is 9.84. The molecule has 5 heteroatoms. The van der Waals surface area contributed by atoms with Crippen LogP contribution >= 0.6 is 0 Å². The van der Waals surface area contributed by atoms with Crippen molar-refractivity contribution in [3.05, 3.63) is 0 Å². The minimum absolute atomic E-state index is 0.00663. The first-order valence-corrected chi connectivity index (χ1v) is 7.61. The summed E-state index contributed by atoms with van der Waals surface area (Å²) in [6.45, 7) is 5.22. The van der Waals surface area contributed by atoms with Crippen LogP contribution in [0.25, 0.3) is 0 Å². The van der Waals surface area contributed by atoms with Crippen molar-refractivity contribution in [1.82, 2.24) is 10.6 Å². The van der Waals surface area contributed by atoms with Crippen molar-refractivity contribution in [3.8, 4) is 0 Å². The van der Waals surface area contributed by atoms with Crippen LogP contribution in [0, 0.1) is 5.41 Å². The fourth-order valence-electron chi connectivity index (χ4n) is 2.55. The molecule has 5 nitrogen and oxygen atoms in total. The predicted octanol–water partition coefficient (Wildman–Crippen LogP) is 1.92. The minimum Gasteiger partial charge on any atom is -0.481 e. The number of rotatable bonds is 9. The Balaban J connectivity index is 2.07. The maximum atomic E-state index is 11.7. The standard InChI is InChI=1S/C15H28N2O3/c1-15(2,8-7-14(19)20)9-10-16-11-13(18)17-12-5-3-4-6-12/h12,16H,3-11H2,1-2H3,(H,17,18)(H,19,20). The summed E-state index contributed by atoms with van der Waals surface area (Å²) in [4.78, 5) is 22.2. The highest BCUT2D eigenvalue weighted by Crippen LogP contribution is 2.25. The topological polar surface area (TPSA) is 78.4 Å².